The van der Waals surface area contributed by atoms with Gasteiger partial charge in [-0.2, -0.15) is 0 Å². The smallest absolute Gasteiger partial charge is 0.238 e. The topological polar surface area (TPSA) is 81.4 Å². The summed E-state index contributed by atoms with van der Waals surface area (Å²) in [5, 5.41) is 8.47. The van der Waals surface area contributed by atoms with E-state index in [0.29, 0.717) is 13.2 Å². The molecule has 0 aliphatic rings. The molecule has 1 rings (SSSR count). The van der Waals surface area contributed by atoms with E-state index in [9.17, 15) is 8.42 Å². The first-order chi connectivity index (χ1) is 8.84. The summed E-state index contributed by atoms with van der Waals surface area (Å²) >= 11 is 0. The fraction of sp³-hybridized carbons (Fsp3) is 0.538. The van der Waals surface area contributed by atoms with E-state index in [1.807, 2.05) is 26.8 Å². The van der Waals surface area contributed by atoms with Gasteiger partial charge in [0.1, 0.15) is 0 Å². The van der Waals surface area contributed by atoms with Gasteiger partial charge < -0.3 is 10.1 Å². The minimum absolute atomic E-state index is 0.0251. The van der Waals surface area contributed by atoms with Gasteiger partial charge in [0.05, 0.1) is 11.5 Å². The van der Waals surface area contributed by atoms with Crippen LogP contribution in [0, 0.1) is 0 Å². The molecule has 5 nitrogen and oxygen atoms in total. The van der Waals surface area contributed by atoms with Gasteiger partial charge in [-0.25, -0.2) is 13.6 Å². The number of rotatable bonds is 7. The van der Waals surface area contributed by atoms with E-state index in [4.69, 9.17) is 9.88 Å². The molecular formula is C13H22N2O3S. The van der Waals surface area contributed by atoms with E-state index in [1.165, 1.54) is 6.07 Å². The highest BCUT2D eigenvalue weighted by atomic mass is 32.2. The lowest BCUT2D eigenvalue weighted by Crippen LogP contribution is -2.32. The molecule has 108 valence electrons. The minimum Gasteiger partial charge on any atom is -0.380 e. The second kappa shape index (κ2) is 7.00. The summed E-state index contributed by atoms with van der Waals surface area (Å²) < 4.78 is 27.9. The van der Waals surface area contributed by atoms with E-state index in [-0.39, 0.29) is 17.0 Å². The Bertz CT molecular complexity index is 502. The molecule has 0 saturated carbocycles. The van der Waals surface area contributed by atoms with Crippen molar-refractivity contribution in [2.75, 3.05) is 13.2 Å². The molecule has 0 aliphatic carbocycles. The number of benzene rings is 1. The summed E-state index contributed by atoms with van der Waals surface area (Å²) in [5.74, 6) is 0. The molecular weight excluding hydrogens is 264 g/mol. The Morgan fingerprint density at radius 3 is 2.63 bits per heavy atom. The SMILES string of the molecule is CCOCC(C)NC(C)c1cccc(S(N)(=O)=O)c1. The summed E-state index contributed by atoms with van der Waals surface area (Å²) in [5.41, 5.74) is 0.884. The van der Waals surface area contributed by atoms with Crippen LogP contribution in [-0.4, -0.2) is 27.7 Å². The van der Waals surface area contributed by atoms with Gasteiger partial charge in [-0.05, 0) is 38.5 Å². The Hall–Kier alpha value is -0.950. The number of nitrogens with two attached hydrogens (primary N) is 1. The second-order valence-corrected chi connectivity index (χ2v) is 6.13. The third-order valence-corrected chi connectivity index (χ3v) is 3.70. The van der Waals surface area contributed by atoms with Crippen molar-refractivity contribution in [2.45, 2.75) is 37.8 Å². The van der Waals surface area contributed by atoms with Gasteiger partial charge in [0.15, 0.2) is 0 Å². The summed E-state index contributed by atoms with van der Waals surface area (Å²) in [7, 11) is -3.65. The predicted molar refractivity (Wildman–Crippen MR) is 75.3 cm³/mol. The van der Waals surface area contributed by atoms with E-state index in [0.717, 1.165) is 5.56 Å². The van der Waals surface area contributed by atoms with Crippen molar-refractivity contribution in [1.82, 2.24) is 5.32 Å². The van der Waals surface area contributed by atoms with Crippen molar-refractivity contribution in [3.8, 4) is 0 Å². The fourth-order valence-corrected chi connectivity index (χ4v) is 2.40. The molecule has 0 aromatic heterocycles. The van der Waals surface area contributed by atoms with E-state index >= 15 is 0 Å². The lowest BCUT2D eigenvalue weighted by molar-refractivity contribution is 0.124. The summed E-state index contributed by atoms with van der Waals surface area (Å²) in [4.78, 5) is 0.135. The molecule has 2 unspecified atom stereocenters. The largest absolute Gasteiger partial charge is 0.380 e. The molecule has 1 aromatic rings. The van der Waals surface area contributed by atoms with Crippen molar-refractivity contribution in [2.24, 2.45) is 5.14 Å². The lowest BCUT2D eigenvalue weighted by atomic mass is 10.1. The van der Waals surface area contributed by atoms with Crippen molar-refractivity contribution >= 4 is 10.0 Å². The van der Waals surface area contributed by atoms with Crippen LogP contribution in [-0.2, 0) is 14.8 Å². The molecule has 3 N–H and O–H groups in total. The van der Waals surface area contributed by atoms with E-state index in [1.54, 1.807) is 12.1 Å². The monoisotopic (exact) mass is 286 g/mol. The Labute approximate surface area is 115 Å². The van der Waals surface area contributed by atoms with Crippen LogP contribution in [0.25, 0.3) is 0 Å². The van der Waals surface area contributed by atoms with Gasteiger partial charge in [0.25, 0.3) is 0 Å². The molecule has 2 atom stereocenters. The zero-order chi connectivity index (χ0) is 14.5. The normalized spacial score (nSPS) is 15.2. The standard InChI is InChI=1S/C13H22N2O3S/c1-4-18-9-10(2)15-11(3)12-6-5-7-13(8-12)19(14,16)17/h5-8,10-11,15H,4,9H2,1-3H3,(H2,14,16,17). The summed E-state index contributed by atoms with van der Waals surface area (Å²) in [6, 6.07) is 6.88. The average Bonchev–Trinajstić information content (AvgIpc) is 2.35. The highest BCUT2D eigenvalue weighted by molar-refractivity contribution is 7.89. The lowest BCUT2D eigenvalue weighted by Gasteiger charge is -2.20. The molecule has 0 saturated heterocycles. The minimum atomic E-state index is -3.65. The number of primary sulfonamides is 1. The number of hydrogen-bond donors (Lipinski definition) is 2. The van der Waals surface area contributed by atoms with Crippen molar-refractivity contribution in [3.05, 3.63) is 29.8 Å². The van der Waals surface area contributed by atoms with Crippen LogP contribution >= 0.6 is 0 Å². The van der Waals surface area contributed by atoms with Crippen molar-refractivity contribution in [3.63, 3.8) is 0 Å². The highest BCUT2D eigenvalue weighted by Crippen LogP contribution is 2.17. The highest BCUT2D eigenvalue weighted by Gasteiger charge is 2.13. The van der Waals surface area contributed by atoms with Gasteiger partial charge in [-0.3, -0.25) is 0 Å². The second-order valence-electron chi connectivity index (χ2n) is 4.57. The van der Waals surface area contributed by atoms with Gasteiger partial charge in [0, 0.05) is 18.7 Å². The maximum absolute atomic E-state index is 11.3. The molecule has 19 heavy (non-hydrogen) atoms. The number of nitrogens with one attached hydrogen (secondary N) is 1. The van der Waals surface area contributed by atoms with Crippen molar-refractivity contribution in [1.29, 1.82) is 0 Å². The summed E-state index contributed by atoms with van der Waals surface area (Å²) in [6.45, 7) is 7.25. The Balaban J connectivity index is 2.75. The maximum Gasteiger partial charge on any atom is 0.238 e. The van der Waals surface area contributed by atoms with Crippen LogP contribution in [0.3, 0.4) is 0 Å². The molecule has 0 heterocycles. The van der Waals surface area contributed by atoms with Crippen LogP contribution in [0.15, 0.2) is 29.2 Å². The van der Waals surface area contributed by atoms with Gasteiger partial charge >= 0.3 is 0 Å². The number of ether oxygens (including phenoxy) is 1. The van der Waals surface area contributed by atoms with Crippen LogP contribution < -0.4 is 10.5 Å². The first-order valence-electron chi connectivity index (χ1n) is 6.31. The number of sulfonamides is 1. The van der Waals surface area contributed by atoms with Crippen molar-refractivity contribution < 1.29 is 13.2 Å². The predicted octanol–water partition coefficient (Wildman–Crippen LogP) is 1.41. The summed E-state index contributed by atoms with van der Waals surface area (Å²) in [6.07, 6.45) is 0. The average molecular weight is 286 g/mol. The Morgan fingerprint density at radius 1 is 1.37 bits per heavy atom. The molecule has 6 heteroatoms. The van der Waals surface area contributed by atoms with E-state index in [2.05, 4.69) is 5.32 Å². The molecule has 0 aliphatic heterocycles. The first kappa shape index (κ1) is 16.1. The van der Waals surface area contributed by atoms with Gasteiger partial charge in [-0.15, -0.1) is 0 Å². The molecule has 0 bridgehead atoms. The number of hydrogen-bond acceptors (Lipinski definition) is 4. The maximum atomic E-state index is 11.3. The van der Waals surface area contributed by atoms with Crippen LogP contribution in [0.4, 0.5) is 0 Å². The van der Waals surface area contributed by atoms with Crippen LogP contribution in [0.1, 0.15) is 32.4 Å². The fourth-order valence-electron chi connectivity index (χ4n) is 1.83. The molecule has 0 fully saturated rings. The Kier molecular flexibility index (Phi) is 5.93. The van der Waals surface area contributed by atoms with Crippen LogP contribution in [0.5, 0.6) is 0 Å². The third kappa shape index (κ3) is 5.28. The molecule has 0 amide bonds. The van der Waals surface area contributed by atoms with Crippen LogP contribution in [0.2, 0.25) is 0 Å². The zero-order valence-electron chi connectivity index (χ0n) is 11.6. The quantitative estimate of drug-likeness (QED) is 0.794. The molecule has 0 spiro atoms. The van der Waals surface area contributed by atoms with Gasteiger partial charge in [-0.1, -0.05) is 12.1 Å². The van der Waals surface area contributed by atoms with E-state index < -0.39 is 10.0 Å². The van der Waals surface area contributed by atoms with Gasteiger partial charge in [0.2, 0.25) is 10.0 Å². The molecule has 1 aromatic carbocycles. The Morgan fingerprint density at radius 2 is 2.05 bits per heavy atom. The molecule has 0 radical (unpaired) electrons. The third-order valence-electron chi connectivity index (χ3n) is 2.79. The first-order valence-corrected chi connectivity index (χ1v) is 7.85. The zero-order valence-corrected chi connectivity index (χ0v) is 12.4.